The van der Waals surface area contributed by atoms with E-state index in [2.05, 4.69) is 51.9 Å². The summed E-state index contributed by atoms with van der Waals surface area (Å²) in [4.78, 5) is 0. The average Bonchev–Trinajstić information content (AvgIpc) is 2.87. The molecule has 0 N–H and O–H groups in total. The third kappa shape index (κ3) is 2.39. The molecule has 0 aliphatic heterocycles. The number of ether oxygens (including phenoxy) is 1. The Kier molecular flexibility index (Phi) is 3.89. The lowest BCUT2D eigenvalue weighted by atomic mass is 10.1. The number of hydrogen-bond acceptors (Lipinski definition) is 4. The summed E-state index contributed by atoms with van der Waals surface area (Å²) in [5.41, 5.74) is 3.29. The van der Waals surface area contributed by atoms with Crippen LogP contribution >= 0.6 is 11.8 Å². The zero-order valence-corrected chi connectivity index (χ0v) is 12.5. The highest BCUT2D eigenvalue weighted by atomic mass is 32.2. The molecular formula is C15H17N3OS. The van der Waals surface area contributed by atoms with Gasteiger partial charge in [0.05, 0.1) is 12.1 Å². The molecule has 0 aliphatic carbocycles. The molecule has 2 aromatic heterocycles. The van der Waals surface area contributed by atoms with E-state index in [9.17, 15) is 0 Å². The van der Waals surface area contributed by atoms with Gasteiger partial charge in [-0.25, -0.2) is 0 Å². The summed E-state index contributed by atoms with van der Waals surface area (Å²) in [6.07, 6.45) is 0. The first kappa shape index (κ1) is 13.4. The van der Waals surface area contributed by atoms with Gasteiger partial charge in [0.2, 0.25) is 0 Å². The fraction of sp³-hybridized carbons (Fsp3) is 0.333. The molecule has 0 unspecified atom stereocenters. The van der Waals surface area contributed by atoms with Crippen LogP contribution in [0.4, 0.5) is 0 Å². The summed E-state index contributed by atoms with van der Waals surface area (Å²) < 4.78 is 7.50. The van der Waals surface area contributed by atoms with E-state index in [-0.39, 0.29) is 0 Å². The van der Waals surface area contributed by atoms with Gasteiger partial charge < -0.3 is 4.74 Å². The largest absolute Gasteiger partial charge is 0.381 e. The number of nitrogens with zero attached hydrogens (tertiary/aromatic N) is 3. The van der Waals surface area contributed by atoms with Crippen molar-refractivity contribution in [2.24, 2.45) is 0 Å². The van der Waals surface area contributed by atoms with Gasteiger partial charge in [0.1, 0.15) is 0 Å². The number of thioether (sulfide) groups is 1. The first-order valence-electron chi connectivity index (χ1n) is 6.75. The number of hydrogen-bond donors (Lipinski definition) is 0. The van der Waals surface area contributed by atoms with Crippen LogP contribution in [-0.2, 0) is 4.74 Å². The number of rotatable bonds is 5. The highest BCUT2D eigenvalue weighted by molar-refractivity contribution is 7.99. The van der Waals surface area contributed by atoms with Crippen LogP contribution in [0, 0.1) is 6.92 Å². The molecule has 0 fully saturated rings. The van der Waals surface area contributed by atoms with E-state index in [1.54, 1.807) is 11.8 Å². The monoisotopic (exact) mass is 287 g/mol. The van der Waals surface area contributed by atoms with Crippen molar-refractivity contribution in [2.45, 2.75) is 19.0 Å². The molecule has 0 atom stereocenters. The normalized spacial score (nSPS) is 11.5. The molecule has 0 spiro atoms. The zero-order valence-electron chi connectivity index (χ0n) is 11.7. The predicted molar refractivity (Wildman–Crippen MR) is 82.4 cm³/mol. The van der Waals surface area contributed by atoms with Gasteiger partial charge in [-0.05, 0) is 31.5 Å². The van der Waals surface area contributed by atoms with E-state index in [4.69, 9.17) is 4.74 Å². The highest BCUT2D eigenvalue weighted by Gasteiger charge is 2.10. The topological polar surface area (TPSA) is 39.4 Å². The van der Waals surface area contributed by atoms with Crippen LogP contribution in [0.5, 0.6) is 0 Å². The number of para-hydroxylation sites is 1. The standard InChI is InChI=1S/C15H17N3OS/c1-3-19-8-9-20-15-17-16-14-10-11(2)12-6-4-5-7-13(12)18(14)15/h4-7,10H,3,8-9H2,1-2H3. The Bertz CT molecular complexity index is 738. The van der Waals surface area contributed by atoms with Crippen molar-refractivity contribution in [1.29, 1.82) is 0 Å². The summed E-state index contributed by atoms with van der Waals surface area (Å²) >= 11 is 1.68. The van der Waals surface area contributed by atoms with Crippen LogP contribution in [0.1, 0.15) is 12.5 Å². The maximum atomic E-state index is 5.37. The Hall–Kier alpha value is -1.59. The predicted octanol–water partition coefficient (Wildman–Crippen LogP) is 3.32. The lowest BCUT2D eigenvalue weighted by molar-refractivity contribution is 0.164. The Balaban J connectivity index is 2.04. The van der Waals surface area contributed by atoms with E-state index >= 15 is 0 Å². The van der Waals surface area contributed by atoms with Crippen molar-refractivity contribution in [3.63, 3.8) is 0 Å². The molecule has 3 rings (SSSR count). The third-order valence-corrected chi connectivity index (χ3v) is 4.13. The van der Waals surface area contributed by atoms with E-state index < -0.39 is 0 Å². The molecule has 4 nitrogen and oxygen atoms in total. The van der Waals surface area contributed by atoms with Gasteiger partial charge in [0.25, 0.3) is 0 Å². The van der Waals surface area contributed by atoms with Crippen LogP contribution < -0.4 is 0 Å². The Labute approximate surface area is 122 Å². The Morgan fingerprint density at radius 2 is 2.10 bits per heavy atom. The molecule has 5 heteroatoms. The lowest BCUT2D eigenvalue weighted by Crippen LogP contribution is -1.98. The highest BCUT2D eigenvalue weighted by Crippen LogP contribution is 2.25. The maximum absolute atomic E-state index is 5.37. The molecular weight excluding hydrogens is 270 g/mol. The van der Waals surface area contributed by atoms with E-state index in [1.165, 1.54) is 10.9 Å². The minimum absolute atomic E-state index is 0.736. The summed E-state index contributed by atoms with van der Waals surface area (Å²) in [6.45, 7) is 5.61. The van der Waals surface area contributed by atoms with Crippen molar-refractivity contribution in [3.8, 4) is 0 Å². The summed E-state index contributed by atoms with van der Waals surface area (Å²) in [5.74, 6) is 0.886. The third-order valence-electron chi connectivity index (χ3n) is 3.24. The molecule has 20 heavy (non-hydrogen) atoms. The van der Waals surface area contributed by atoms with Gasteiger partial charge in [0, 0.05) is 17.7 Å². The second-order valence-corrected chi connectivity index (χ2v) is 5.63. The molecule has 0 aliphatic rings. The smallest absolute Gasteiger partial charge is 0.196 e. The van der Waals surface area contributed by atoms with Gasteiger partial charge in [-0.15, -0.1) is 10.2 Å². The van der Waals surface area contributed by atoms with E-state index in [0.717, 1.165) is 35.3 Å². The minimum Gasteiger partial charge on any atom is -0.381 e. The number of aromatic nitrogens is 3. The molecule has 1 aromatic carbocycles. The second-order valence-electron chi connectivity index (χ2n) is 4.57. The first-order valence-corrected chi connectivity index (χ1v) is 7.74. The number of benzene rings is 1. The van der Waals surface area contributed by atoms with Crippen molar-refractivity contribution in [3.05, 3.63) is 35.9 Å². The molecule has 2 heterocycles. The van der Waals surface area contributed by atoms with Crippen LogP contribution in [0.15, 0.2) is 35.5 Å². The first-order chi connectivity index (χ1) is 9.81. The average molecular weight is 287 g/mol. The molecule has 0 amide bonds. The van der Waals surface area contributed by atoms with Crippen LogP contribution in [-0.4, -0.2) is 33.6 Å². The van der Waals surface area contributed by atoms with Gasteiger partial charge in [0.15, 0.2) is 10.8 Å². The van der Waals surface area contributed by atoms with Crippen molar-refractivity contribution < 1.29 is 4.74 Å². The molecule has 0 radical (unpaired) electrons. The zero-order chi connectivity index (χ0) is 13.9. The lowest BCUT2D eigenvalue weighted by Gasteiger charge is -2.07. The molecule has 104 valence electrons. The molecule has 0 saturated carbocycles. The summed E-state index contributed by atoms with van der Waals surface area (Å²) in [5, 5.41) is 10.8. The van der Waals surface area contributed by atoms with Gasteiger partial charge in [-0.3, -0.25) is 4.40 Å². The fourth-order valence-electron chi connectivity index (χ4n) is 2.30. The molecule has 3 aromatic rings. The summed E-state index contributed by atoms with van der Waals surface area (Å²) in [7, 11) is 0. The van der Waals surface area contributed by atoms with E-state index in [0.29, 0.717) is 0 Å². The van der Waals surface area contributed by atoms with Gasteiger partial charge in [-0.1, -0.05) is 30.0 Å². The van der Waals surface area contributed by atoms with Gasteiger partial charge >= 0.3 is 0 Å². The van der Waals surface area contributed by atoms with Crippen molar-refractivity contribution in [1.82, 2.24) is 14.6 Å². The number of aryl methyl sites for hydroxylation is 1. The van der Waals surface area contributed by atoms with Crippen LogP contribution in [0.25, 0.3) is 16.6 Å². The number of fused-ring (bicyclic) bond motifs is 3. The fourth-order valence-corrected chi connectivity index (χ4v) is 3.11. The SMILES string of the molecule is CCOCCSc1nnc2cc(C)c3ccccc3n12. The second kappa shape index (κ2) is 5.81. The molecule has 0 saturated heterocycles. The number of pyridine rings is 1. The summed E-state index contributed by atoms with van der Waals surface area (Å²) in [6, 6.07) is 10.5. The van der Waals surface area contributed by atoms with Gasteiger partial charge in [-0.2, -0.15) is 0 Å². The van der Waals surface area contributed by atoms with Crippen molar-refractivity contribution >= 4 is 28.3 Å². The maximum Gasteiger partial charge on any atom is 0.196 e. The minimum atomic E-state index is 0.736. The Morgan fingerprint density at radius 3 is 2.95 bits per heavy atom. The van der Waals surface area contributed by atoms with E-state index in [1.807, 2.05) is 6.92 Å². The van der Waals surface area contributed by atoms with Crippen LogP contribution in [0.2, 0.25) is 0 Å². The van der Waals surface area contributed by atoms with Crippen molar-refractivity contribution in [2.75, 3.05) is 19.0 Å². The Morgan fingerprint density at radius 1 is 1.25 bits per heavy atom. The van der Waals surface area contributed by atoms with Crippen LogP contribution in [0.3, 0.4) is 0 Å². The quantitative estimate of drug-likeness (QED) is 0.533. The molecule has 0 bridgehead atoms.